The van der Waals surface area contributed by atoms with E-state index in [1.807, 2.05) is 146 Å². The molecule has 16 aromatic rings. The van der Waals surface area contributed by atoms with Crippen LogP contribution in [0.1, 0.15) is 27.7 Å². The Morgan fingerprint density at radius 3 is 0.891 bits per heavy atom. The lowest BCUT2D eigenvalue weighted by molar-refractivity contribution is 0.0612. The number of nitrogen functional groups attached to an aromatic ring is 4. The lowest BCUT2D eigenvalue weighted by Crippen LogP contribution is -2.64. The highest BCUT2D eigenvalue weighted by molar-refractivity contribution is 5.91. The van der Waals surface area contributed by atoms with Gasteiger partial charge < -0.3 is 77.2 Å². The molecule has 32 heteroatoms. The molecule has 0 radical (unpaired) electrons. The van der Waals surface area contributed by atoms with Gasteiger partial charge in [-0.05, 0) is 163 Å². The zero-order chi connectivity index (χ0) is 87.0. The normalized spacial score (nSPS) is 19.1. The van der Waals surface area contributed by atoms with Crippen LogP contribution in [0.3, 0.4) is 0 Å². The average molecular weight is 1710 g/mol. The number of piperazine rings is 4. The minimum atomic E-state index is 0.427. The van der Waals surface area contributed by atoms with E-state index in [4.69, 9.17) is 42.9 Å². The fraction of sp³-hybridized carbons (Fsp3) is 0.375. The van der Waals surface area contributed by atoms with E-state index in [1.54, 1.807) is 0 Å². The third-order valence-corrected chi connectivity index (χ3v) is 27.7. The van der Waals surface area contributed by atoms with Gasteiger partial charge in [0, 0.05) is 209 Å². The van der Waals surface area contributed by atoms with Gasteiger partial charge in [0.05, 0.1) is 159 Å². The van der Waals surface area contributed by atoms with Gasteiger partial charge >= 0.3 is 0 Å². The number of fused-ring (bicyclic) bond motifs is 8. The average Bonchev–Trinajstić information content (AvgIpc) is 0.948. The van der Waals surface area contributed by atoms with Crippen molar-refractivity contribution in [2.75, 3.05) is 214 Å². The molecule has 0 aliphatic carbocycles. The summed E-state index contributed by atoms with van der Waals surface area (Å²) in [5.74, 6) is 1.71. The van der Waals surface area contributed by atoms with Crippen LogP contribution in [0.4, 0.5) is 46.5 Å². The number of benzene rings is 4. The van der Waals surface area contributed by atoms with E-state index in [0.717, 1.165) is 248 Å². The fourth-order valence-corrected chi connectivity index (χ4v) is 19.3. The van der Waals surface area contributed by atoms with Crippen molar-refractivity contribution in [2.45, 2.75) is 63.9 Å². The van der Waals surface area contributed by atoms with E-state index in [9.17, 15) is 0 Å². The Morgan fingerprint density at radius 2 is 0.594 bits per heavy atom. The molecule has 24 rings (SSSR count). The van der Waals surface area contributed by atoms with Crippen LogP contribution in [0.2, 0.25) is 0 Å². The summed E-state index contributed by atoms with van der Waals surface area (Å²) >= 11 is 0. The maximum absolute atomic E-state index is 5.79. The number of H-pyrrole nitrogens is 4. The molecular weight excluding hydrogens is 1600 g/mol. The van der Waals surface area contributed by atoms with Crippen molar-refractivity contribution >= 4 is 135 Å². The van der Waals surface area contributed by atoms with Crippen LogP contribution in [0, 0.1) is 0 Å². The zero-order valence-electron chi connectivity index (χ0n) is 73.6. The molecule has 128 heavy (non-hydrogen) atoms. The smallest absolute Gasteiger partial charge is 0.198 e. The summed E-state index contributed by atoms with van der Waals surface area (Å²) in [5, 5.41) is 0. The van der Waals surface area contributed by atoms with Gasteiger partial charge in [-0.25, -0.2) is 39.9 Å². The van der Waals surface area contributed by atoms with E-state index in [0.29, 0.717) is 60.0 Å². The van der Waals surface area contributed by atoms with Crippen molar-refractivity contribution in [1.29, 1.82) is 0 Å². The van der Waals surface area contributed by atoms with Crippen molar-refractivity contribution in [3.63, 3.8) is 0 Å². The number of hydrogen-bond donors (Lipinski definition) is 8. The predicted molar refractivity (Wildman–Crippen MR) is 515 cm³/mol. The molecule has 4 aromatic carbocycles. The summed E-state index contributed by atoms with van der Waals surface area (Å²) in [7, 11) is 4.43. The standard InChI is InChI=1S/C25H30N8.2C24H28N8.C23H26N8/c1-16(2)31-7-9-32(10-8-31)19-14-33(15-19)18-12-24-21(27-13-18)6-5-20(28-24)17-3-4-22-23(11-17)30-25(26)29-22;1-15-12-31(8-7-30(15)2)18-13-32(14-18)17-10-23-20(26-11-17)6-5-19(27-23)16-3-4-21-22(9-16)29-24(25)28-21;1-2-30-7-9-31(10-8-30)18-14-32(15-18)17-12-23-20(26-13-17)6-5-19(27-23)16-3-4-21-22(11-16)29-24(25)28-21;1-29-6-8-30(9-7-29)17-13-31(14-17)16-11-22-19(25-12-16)5-4-18(26-22)15-2-3-20-21(10-15)28-23(24)27-20/h3-6,11-13,16,19H,7-10,14-15H2,1-2H3,(H3,26,29,30);3-6,9-11,15,18H,7-8,12-14H2,1-2H3,(H3,25,28,29);3-6,11-13,18H,2,7-10,14-15H2,1H3,(H3,25,28,29);2-5,10-12,17H,6-9,13-14H2,1H3,(H3,24,27,28)/t;15-;;/m.1../s1. The highest BCUT2D eigenvalue weighted by Gasteiger charge is 2.39. The number of pyridine rings is 8. The number of imidazole rings is 4. The van der Waals surface area contributed by atoms with Gasteiger partial charge in [-0.1, -0.05) is 31.2 Å². The van der Waals surface area contributed by atoms with E-state index in [-0.39, 0.29) is 0 Å². The van der Waals surface area contributed by atoms with Gasteiger partial charge in [0.25, 0.3) is 0 Å². The Labute approximate surface area is 742 Å². The van der Waals surface area contributed by atoms with Gasteiger partial charge in [-0.2, -0.15) is 0 Å². The third-order valence-electron chi connectivity index (χ3n) is 27.7. The number of nitrogens with two attached hydrogens (primary N) is 4. The number of aromatic amines is 4. The van der Waals surface area contributed by atoms with Crippen molar-refractivity contribution in [2.24, 2.45) is 0 Å². The predicted octanol–water partition coefficient (Wildman–Crippen LogP) is 10.3. The third kappa shape index (κ3) is 17.1. The molecule has 656 valence electrons. The molecule has 8 fully saturated rings. The second-order valence-corrected chi connectivity index (χ2v) is 36.2. The number of aromatic nitrogens is 16. The number of nitrogens with one attached hydrogen (secondary N) is 4. The van der Waals surface area contributed by atoms with Crippen LogP contribution in [0.5, 0.6) is 0 Å². The first kappa shape index (κ1) is 82.1. The van der Waals surface area contributed by atoms with Crippen LogP contribution in [-0.4, -0.2) is 326 Å². The van der Waals surface area contributed by atoms with Crippen molar-refractivity contribution in [3.05, 3.63) is 170 Å². The van der Waals surface area contributed by atoms with Crippen molar-refractivity contribution < 1.29 is 0 Å². The Bertz CT molecular complexity index is 6710. The lowest BCUT2D eigenvalue weighted by Gasteiger charge is -2.50. The minimum absolute atomic E-state index is 0.427. The van der Waals surface area contributed by atoms with Gasteiger partial charge in [-0.3, -0.25) is 44.4 Å². The summed E-state index contributed by atoms with van der Waals surface area (Å²) in [6, 6.07) is 52.9. The van der Waals surface area contributed by atoms with Crippen LogP contribution in [-0.2, 0) is 0 Å². The second-order valence-electron chi connectivity index (χ2n) is 36.2. The molecule has 0 amide bonds. The molecule has 0 bridgehead atoms. The van der Waals surface area contributed by atoms with Gasteiger partial charge in [0.1, 0.15) is 0 Å². The SMILES string of the molecule is CC(C)N1CCN(C2CN(c3cnc4ccc(-c5ccc6nc(N)[nH]c6c5)nc4c3)C2)CC1.CCN1CCN(C2CN(c3cnc4ccc(-c5ccc6nc(N)[nH]c6c5)nc4c3)C2)CC1.CN1CCN(C2CN(c3cnc4ccc(-c5ccc6nc(N)[nH]c6c5)nc4c3)C2)CC1.C[C@@H]1CN(C2CN(c3cnc4ccc(-c5ccc6nc(N)[nH]c6c5)nc4c3)C2)CCN1C. The number of rotatable bonds is 14. The van der Waals surface area contributed by atoms with Crippen molar-refractivity contribution in [3.8, 4) is 45.0 Å². The Morgan fingerprint density at radius 1 is 0.312 bits per heavy atom. The summed E-state index contributed by atoms with van der Waals surface area (Å²) in [6.45, 7) is 36.4. The van der Waals surface area contributed by atoms with Gasteiger partial charge in [-0.15, -0.1) is 0 Å². The van der Waals surface area contributed by atoms with Crippen LogP contribution >= 0.6 is 0 Å². The van der Waals surface area contributed by atoms with Crippen LogP contribution < -0.4 is 42.5 Å². The molecular formula is C96H112N32. The summed E-state index contributed by atoms with van der Waals surface area (Å²) in [4.78, 5) is 98.0. The van der Waals surface area contributed by atoms with Crippen LogP contribution in [0.25, 0.3) is 133 Å². The molecule has 0 unspecified atom stereocenters. The maximum atomic E-state index is 5.79. The minimum Gasteiger partial charge on any atom is -0.369 e. The molecule has 8 aliphatic heterocycles. The molecule has 12 aromatic heterocycles. The lowest BCUT2D eigenvalue weighted by atomic mass is 10.0. The molecule has 32 nitrogen and oxygen atoms in total. The van der Waals surface area contributed by atoms with E-state index >= 15 is 0 Å². The summed E-state index contributed by atoms with van der Waals surface area (Å²) < 4.78 is 0. The molecule has 0 saturated carbocycles. The highest BCUT2D eigenvalue weighted by atomic mass is 15.4. The molecule has 0 spiro atoms. The second kappa shape index (κ2) is 34.7. The molecule has 8 saturated heterocycles. The first-order valence-corrected chi connectivity index (χ1v) is 45.3. The molecule has 20 heterocycles. The van der Waals surface area contributed by atoms with Gasteiger partial charge in [0.15, 0.2) is 23.8 Å². The van der Waals surface area contributed by atoms with Gasteiger partial charge in [0.2, 0.25) is 0 Å². The quantitative estimate of drug-likeness (QED) is 0.0501. The maximum Gasteiger partial charge on any atom is 0.198 e. The first-order valence-electron chi connectivity index (χ1n) is 45.3. The number of nitrogens with zero attached hydrogens (tertiary/aromatic N) is 24. The Balaban J connectivity index is 0.000000104. The first-order chi connectivity index (χ1) is 62.3. The molecule has 1 atom stereocenters. The largest absolute Gasteiger partial charge is 0.369 e. The Hall–Kier alpha value is -12.9. The highest BCUT2D eigenvalue weighted by Crippen LogP contribution is 2.36. The van der Waals surface area contributed by atoms with E-state index in [1.165, 1.54) is 65.4 Å². The monoisotopic (exact) mass is 1710 g/mol. The van der Waals surface area contributed by atoms with E-state index in [2.05, 4.69) is 185 Å². The summed E-state index contributed by atoms with van der Waals surface area (Å²) in [5.41, 5.74) is 50.0. The topological polar surface area (TPSA) is 361 Å². The Kier molecular flexibility index (Phi) is 22.2. The molecule has 12 N–H and O–H groups in total. The number of anilines is 8. The van der Waals surface area contributed by atoms with E-state index < -0.39 is 0 Å². The number of hydrogen-bond acceptors (Lipinski definition) is 28. The fourth-order valence-electron chi connectivity index (χ4n) is 19.3. The number of likely N-dealkylation sites (N-methyl/N-ethyl adjacent to an activating group) is 3. The van der Waals surface area contributed by atoms with Crippen LogP contribution in [0.15, 0.2) is 170 Å². The summed E-state index contributed by atoms with van der Waals surface area (Å²) in [6.07, 6.45) is 7.92. The molecule has 8 aliphatic rings. The zero-order valence-corrected chi connectivity index (χ0v) is 73.6. The van der Waals surface area contributed by atoms with Crippen molar-refractivity contribution in [1.82, 2.24) is 119 Å².